The van der Waals surface area contributed by atoms with Crippen molar-refractivity contribution in [3.8, 4) is 0 Å². The van der Waals surface area contributed by atoms with Crippen molar-refractivity contribution in [2.24, 2.45) is 0 Å². The van der Waals surface area contributed by atoms with Gasteiger partial charge in [-0.1, -0.05) is 227 Å². The Labute approximate surface area is 426 Å². The van der Waals surface area contributed by atoms with Crippen LogP contribution in [0.25, 0.3) is 0 Å². The summed E-state index contributed by atoms with van der Waals surface area (Å²) in [4.78, 5) is 38.1. The Kier molecular flexibility index (Phi) is 53.9. The maximum Gasteiger partial charge on any atom is 0.306 e. The van der Waals surface area contributed by atoms with Crippen LogP contribution in [-0.4, -0.2) is 37.2 Å². The molecule has 6 heteroatoms. The second-order valence-electron chi connectivity index (χ2n) is 18.8. The SMILES string of the molecule is CC/C=C\C/C=C\C/C=C\CCCCCCCC(=O)OC[C@H](COC(=O)CCC/C=C\C/C=C\C/C=C\C/C=C\CCCCC)OC(=O)CCCCCCCCCCC/C=C\CCCCCCCC. The van der Waals surface area contributed by atoms with E-state index in [1.165, 1.54) is 116 Å². The van der Waals surface area contributed by atoms with Gasteiger partial charge in [-0.25, -0.2) is 0 Å². The van der Waals surface area contributed by atoms with Gasteiger partial charge in [0.1, 0.15) is 13.2 Å². The smallest absolute Gasteiger partial charge is 0.306 e. The number of esters is 3. The Morgan fingerprint density at radius 3 is 0.986 bits per heavy atom. The van der Waals surface area contributed by atoms with Gasteiger partial charge < -0.3 is 14.2 Å². The van der Waals surface area contributed by atoms with Crippen LogP contribution < -0.4 is 0 Å². The highest BCUT2D eigenvalue weighted by molar-refractivity contribution is 5.71. The normalized spacial score (nSPS) is 12.8. The molecule has 394 valence electrons. The van der Waals surface area contributed by atoms with E-state index in [1.807, 2.05) is 0 Å². The van der Waals surface area contributed by atoms with Gasteiger partial charge in [0.05, 0.1) is 0 Å². The number of rotatable bonds is 51. The number of ether oxygens (including phenoxy) is 3. The Morgan fingerprint density at radius 2 is 0.580 bits per heavy atom. The molecule has 0 unspecified atom stereocenters. The molecule has 0 rings (SSSR count). The van der Waals surface area contributed by atoms with Crippen molar-refractivity contribution in [2.75, 3.05) is 13.2 Å². The van der Waals surface area contributed by atoms with E-state index >= 15 is 0 Å². The quantitative estimate of drug-likeness (QED) is 0.0262. The lowest BCUT2D eigenvalue weighted by Crippen LogP contribution is -2.30. The predicted octanol–water partition coefficient (Wildman–Crippen LogP) is 19.3. The lowest BCUT2D eigenvalue weighted by molar-refractivity contribution is -0.167. The van der Waals surface area contributed by atoms with Gasteiger partial charge in [0, 0.05) is 19.3 Å². The van der Waals surface area contributed by atoms with Crippen LogP contribution in [0.3, 0.4) is 0 Å². The molecule has 0 aromatic carbocycles. The van der Waals surface area contributed by atoms with Gasteiger partial charge in [0.15, 0.2) is 6.10 Å². The Morgan fingerprint density at radius 1 is 0.304 bits per heavy atom. The number of carbonyl (C=O) groups is 3. The number of hydrogen-bond donors (Lipinski definition) is 0. The van der Waals surface area contributed by atoms with Gasteiger partial charge in [-0.15, -0.1) is 0 Å². The van der Waals surface area contributed by atoms with E-state index in [1.54, 1.807) is 0 Å². The van der Waals surface area contributed by atoms with Crippen LogP contribution in [0.4, 0.5) is 0 Å². The van der Waals surface area contributed by atoms with Gasteiger partial charge in [0.25, 0.3) is 0 Å². The van der Waals surface area contributed by atoms with Gasteiger partial charge in [-0.2, -0.15) is 0 Å². The zero-order chi connectivity index (χ0) is 50.0. The minimum atomic E-state index is -0.809. The average molecular weight is 960 g/mol. The van der Waals surface area contributed by atoms with Crippen LogP contribution in [-0.2, 0) is 28.6 Å². The fraction of sp³-hybridized carbons (Fsp3) is 0.698. The van der Waals surface area contributed by atoms with Crippen molar-refractivity contribution in [3.63, 3.8) is 0 Å². The second kappa shape index (κ2) is 56.9. The fourth-order valence-corrected chi connectivity index (χ4v) is 7.74. The van der Waals surface area contributed by atoms with Crippen LogP contribution in [0.15, 0.2) is 97.2 Å². The summed E-state index contributed by atoms with van der Waals surface area (Å²) >= 11 is 0. The van der Waals surface area contributed by atoms with Gasteiger partial charge in [-0.05, 0) is 116 Å². The van der Waals surface area contributed by atoms with Crippen molar-refractivity contribution in [1.29, 1.82) is 0 Å². The molecule has 0 N–H and O–H groups in total. The van der Waals surface area contributed by atoms with E-state index in [9.17, 15) is 14.4 Å². The molecule has 0 fully saturated rings. The third-order valence-corrected chi connectivity index (χ3v) is 12.0. The molecule has 69 heavy (non-hydrogen) atoms. The van der Waals surface area contributed by atoms with E-state index < -0.39 is 6.10 Å². The summed E-state index contributed by atoms with van der Waals surface area (Å²) in [6, 6.07) is 0. The minimum absolute atomic E-state index is 0.105. The number of carbonyl (C=O) groups excluding carboxylic acids is 3. The Hall–Kier alpha value is -3.67. The molecule has 0 saturated carbocycles. The van der Waals surface area contributed by atoms with Gasteiger partial charge >= 0.3 is 17.9 Å². The average Bonchev–Trinajstić information content (AvgIpc) is 3.35. The van der Waals surface area contributed by atoms with Crippen molar-refractivity contribution < 1.29 is 28.6 Å². The van der Waals surface area contributed by atoms with Crippen LogP contribution in [0.1, 0.15) is 265 Å². The van der Waals surface area contributed by atoms with Crippen molar-refractivity contribution in [2.45, 2.75) is 271 Å². The maximum absolute atomic E-state index is 12.9. The first kappa shape index (κ1) is 65.3. The van der Waals surface area contributed by atoms with E-state index in [0.717, 1.165) is 103 Å². The molecule has 0 radical (unpaired) electrons. The maximum atomic E-state index is 12.9. The van der Waals surface area contributed by atoms with Crippen LogP contribution in [0.5, 0.6) is 0 Å². The summed E-state index contributed by atoms with van der Waals surface area (Å²) in [5, 5.41) is 0. The molecule has 0 bridgehead atoms. The minimum Gasteiger partial charge on any atom is -0.462 e. The molecule has 0 aliphatic rings. The second-order valence-corrected chi connectivity index (χ2v) is 18.8. The highest BCUT2D eigenvalue weighted by Gasteiger charge is 2.19. The zero-order valence-electron chi connectivity index (χ0n) is 45.0. The molecule has 0 aliphatic heterocycles. The molecule has 0 heterocycles. The van der Waals surface area contributed by atoms with Crippen molar-refractivity contribution in [1.82, 2.24) is 0 Å². The molecule has 0 aliphatic carbocycles. The lowest BCUT2D eigenvalue weighted by atomic mass is 10.1. The van der Waals surface area contributed by atoms with Gasteiger partial charge in [0.2, 0.25) is 0 Å². The summed E-state index contributed by atoms with van der Waals surface area (Å²) < 4.78 is 16.8. The molecule has 0 aromatic heterocycles. The van der Waals surface area contributed by atoms with Crippen LogP contribution >= 0.6 is 0 Å². The third-order valence-electron chi connectivity index (χ3n) is 12.0. The van der Waals surface area contributed by atoms with Crippen molar-refractivity contribution >= 4 is 17.9 Å². The topological polar surface area (TPSA) is 78.9 Å². The standard InChI is InChI=1S/C63H106O6/c1-4-7-10-13-16-19-22-25-28-30-31-33-36-39-42-45-48-51-54-57-63(66)69-60(58-67-61(64)55-52-49-46-43-40-37-34-27-24-21-18-15-12-9-6-3)59-68-62(65)56-53-50-47-44-41-38-35-32-29-26-23-20-17-14-11-8-5-2/h9,12,17-18,20-21,25-29,34-35,38,44,47,60H,4-8,10-11,13-16,19,22-24,30-33,36-37,39-43,45-46,48-59H2,1-3H3/b12-9-,20-17-,21-18-,28-25-,29-26-,34-27-,38-35-,47-44-/t60-/m1/s1. The monoisotopic (exact) mass is 959 g/mol. The van der Waals surface area contributed by atoms with E-state index in [2.05, 4.69) is 118 Å². The third kappa shape index (κ3) is 55.1. The van der Waals surface area contributed by atoms with E-state index in [-0.39, 0.29) is 37.5 Å². The summed E-state index contributed by atoms with van der Waals surface area (Å²) in [7, 11) is 0. The van der Waals surface area contributed by atoms with Crippen molar-refractivity contribution in [3.05, 3.63) is 97.2 Å². The van der Waals surface area contributed by atoms with E-state index in [4.69, 9.17) is 14.2 Å². The molecular formula is C63H106O6. The Bertz CT molecular complexity index is 1380. The molecule has 0 spiro atoms. The molecule has 0 amide bonds. The molecule has 0 saturated heterocycles. The number of hydrogen-bond acceptors (Lipinski definition) is 6. The summed E-state index contributed by atoms with van der Waals surface area (Å²) in [6.07, 6.45) is 75.4. The number of allylic oxidation sites excluding steroid dienone is 16. The van der Waals surface area contributed by atoms with Crippen LogP contribution in [0.2, 0.25) is 0 Å². The highest BCUT2D eigenvalue weighted by atomic mass is 16.6. The van der Waals surface area contributed by atoms with Crippen LogP contribution in [0, 0.1) is 0 Å². The molecule has 6 nitrogen and oxygen atoms in total. The first-order valence-electron chi connectivity index (χ1n) is 28.7. The largest absolute Gasteiger partial charge is 0.462 e. The predicted molar refractivity (Wildman–Crippen MR) is 297 cm³/mol. The summed E-state index contributed by atoms with van der Waals surface area (Å²) in [6.45, 7) is 6.44. The fourth-order valence-electron chi connectivity index (χ4n) is 7.74. The Balaban J connectivity index is 4.49. The molecular weight excluding hydrogens is 853 g/mol. The summed E-state index contributed by atoms with van der Waals surface area (Å²) in [5.74, 6) is -0.977. The van der Waals surface area contributed by atoms with E-state index in [0.29, 0.717) is 19.3 Å². The first-order valence-corrected chi connectivity index (χ1v) is 28.7. The highest BCUT2D eigenvalue weighted by Crippen LogP contribution is 2.14. The molecule has 0 aromatic rings. The summed E-state index contributed by atoms with van der Waals surface area (Å²) in [5.41, 5.74) is 0. The van der Waals surface area contributed by atoms with Gasteiger partial charge in [-0.3, -0.25) is 14.4 Å². The lowest BCUT2D eigenvalue weighted by Gasteiger charge is -2.18. The zero-order valence-corrected chi connectivity index (χ0v) is 45.0. The molecule has 1 atom stereocenters. The first-order chi connectivity index (χ1) is 34.0. The number of unbranched alkanes of at least 4 members (excludes halogenated alkanes) is 24.